The van der Waals surface area contributed by atoms with Crippen LogP contribution < -0.4 is 20.5 Å². The maximum Gasteiger partial charge on any atom is 0.234 e. The van der Waals surface area contributed by atoms with Crippen molar-refractivity contribution in [2.45, 2.75) is 31.3 Å². The van der Waals surface area contributed by atoms with Crippen molar-refractivity contribution in [1.29, 1.82) is 0 Å². The van der Waals surface area contributed by atoms with Crippen LogP contribution in [0.5, 0.6) is 11.5 Å². The molecule has 1 aliphatic carbocycles. The maximum absolute atomic E-state index is 12.5. The summed E-state index contributed by atoms with van der Waals surface area (Å²) in [5.41, 5.74) is 8.14. The number of ether oxygens (including phenoxy) is 2. The molecule has 1 amide bonds. The number of carbonyl (C=O) groups is 1. The summed E-state index contributed by atoms with van der Waals surface area (Å²) in [5, 5.41) is 4.36. The van der Waals surface area contributed by atoms with Gasteiger partial charge in [-0.3, -0.25) is 4.79 Å². The minimum Gasteiger partial charge on any atom is -0.497 e. The van der Waals surface area contributed by atoms with Crippen LogP contribution in [0.4, 0.5) is 11.5 Å². The second kappa shape index (κ2) is 8.69. The van der Waals surface area contributed by atoms with Crippen molar-refractivity contribution in [2.75, 3.05) is 31.0 Å². The van der Waals surface area contributed by atoms with E-state index >= 15 is 0 Å². The maximum atomic E-state index is 12.5. The molecule has 0 radical (unpaired) electrons. The van der Waals surface area contributed by atoms with Crippen molar-refractivity contribution in [1.82, 2.24) is 9.97 Å². The Bertz CT molecular complexity index is 1100. The largest absolute Gasteiger partial charge is 0.497 e. The molecule has 2 aromatic heterocycles. The van der Waals surface area contributed by atoms with Gasteiger partial charge < -0.3 is 20.5 Å². The van der Waals surface area contributed by atoms with E-state index in [0.29, 0.717) is 34.1 Å². The fraction of sp³-hybridized carbons (Fsp3) is 0.381. The van der Waals surface area contributed by atoms with Crippen molar-refractivity contribution in [3.63, 3.8) is 0 Å². The summed E-state index contributed by atoms with van der Waals surface area (Å²) in [6.45, 7) is 2.28. The number of nitrogens with two attached hydrogens (primary N) is 1. The van der Waals surface area contributed by atoms with Crippen LogP contribution in [0.2, 0.25) is 0 Å². The van der Waals surface area contributed by atoms with Crippen LogP contribution in [0, 0.1) is 5.92 Å². The number of rotatable bonds is 6. The molecule has 4 rings (SSSR count). The molecule has 0 aliphatic heterocycles. The zero-order chi connectivity index (χ0) is 21.3. The highest BCUT2D eigenvalue weighted by Gasteiger charge is 2.23. The van der Waals surface area contributed by atoms with E-state index in [2.05, 4.69) is 22.2 Å². The van der Waals surface area contributed by atoms with Crippen molar-refractivity contribution in [2.24, 2.45) is 5.92 Å². The van der Waals surface area contributed by atoms with Crippen molar-refractivity contribution < 1.29 is 14.3 Å². The molecule has 1 aliphatic rings. The van der Waals surface area contributed by atoms with Gasteiger partial charge in [-0.25, -0.2) is 9.97 Å². The van der Waals surface area contributed by atoms with Crippen molar-refractivity contribution in [3.8, 4) is 11.5 Å². The number of hydrogen-bond acceptors (Lipinski definition) is 8. The first-order valence-electron chi connectivity index (χ1n) is 9.71. The van der Waals surface area contributed by atoms with Crippen LogP contribution in [-0.4, -0.2) is 35.8 Å². The van der Waals surface area contributed by atoms with Gasteiger partial charge in [0.05, 0.1) is 31.0 Å². The number of aromatic nitrogens is 2. The van der Waals surface area contributed by atoms with Crippen LogP contribution in [0.25, 0.3) is 10.2 Å². The number of benzene rings is 1. The standard InChI is InChI=1S/C21H24N4O3S2/c1-11-4-6-13-16(8-11)30-20-18(13)19(22)24-21(25-20)29-10-17(26)23-14-9-12(27-2)5-7-15(14)28-3/h5,7,9,11H,4,6,8,10H2,1-3H3,(H,23,26)(H2,22,24,25). The summed E-state index contributed by atoms with van der Waals surface area (Å²) in [5.74, 6) is 2.36. The van der Waals surface area contributed by atoms with E-state index in [0.717, 1.165) is 23.1 Å². The number of carbonyl (C=O) groups excluding carboxylic acids is 1. The molecular formula is C21H24N4O3S2. The molecule has 1 unspecified atom stereocenters. The summed E-state index contributed by atoms with van der Waals surface area (Å²) < 4.78 is 10.5. The van der Waals surface area contributed by atoms with Crippen molar-refractivity contribution in [3.05, 3.63) is 28.6 Å². The number of fused-ring (bicyclic) bond motifs is 3. The smallest absolute Gasteiger partial charge is 0.234 e. The zero-order valence-corrected chi connectivity index (χ0v) is 18.8. The van der Waals surface area contributed by atoms with Gasteiger partial charge in [0, 0.05) is 10.9 Å². The summed E-state index contributed by atoms with van der Waals surface area (Å²) in [7, 11) is 3.13. The predicted octanol–water partition coefficient (Wildman–Crippen LogP) is 4.15. The number of hydrogen-bond donors (Lipinski definition) is 2. The first kappa shape index (κ1) is 20.7. The number of thioether (sulfide) groups is 1. The van der Waals surface area contributed by atoms with Gasteiger partial charge in [0.2, 0.25) is 5.91 Å². The van der Waals surface area contributed by atoms with Gasteiger partial charge in [-0.2, -0.15) is 0 Å². The SMILES string of the molecule is COc1ccc(OC)c(NC(=O)CSc2nc(N)c3c4c(sc3n2)CC(C)CC4)c1. The summed E-state index contributed by atoms with van der Waals surface area (Å²) in [6.07, 6.45) is 3.27. The Morgan fingerprint density at radius 3 is 2.93 bits per heavy atom. The van der Waals surface area contributed by atoms with Gasteiger partial charge in [-0.05, 0) is 42.9 Å². The molecule has 3 N–H and O–H groups in total. The predicted molar refractivity (Wildman–Crippen MR) is 122 cm³/mol. The number of methoxy groups -OCH3 is 2. The molecule has 0 saturated heterocycles. The number of nitrogens with zero attached hydrogens (tertiary/aromatic N) is 2. The number of aryl methyl sites for hydroxylation is 1. The number of thiophene rings is 1. The van der Waals surface area contributed by atoms with E-state index < -0.39 is 0 Å². The topological polar surface area (TPSA) is 99.4 Å². The van der Waals surface area contributed by atoms with Crippen LogP contribution >= 0.6 is 23.1 Å². The van der Waals surface area contributed by atoms with Crippen LogP contribution in [0.1, 0.15) is 23.8 Å². The van der Waals surface area contributed by atoms with E-state index in [1.807, 2.05) is 0 Å². The van der Waals surface area contributed by atoms with Crippen molar-refractivity contribution >= 4 is 50.7 Å². The third-order valence-electron chi connectivity index (χ3n) is 5.18. The minimum atomic E-state index is -0.187. The molecule has 0 bridgehead atoms. The first-order chi connectivity index (χ1) is 14.5. The van der Waals surface area contributed by atoms with E-state index in [-0.39, 0.29) is 11.7 Å². The molecule has 158 valence electrons. The number of amides is 1. The van der Waals surface area contributed by atoms with Gasteiger partial charge >= 0.3 is 0 Å². The molecule has 7 nitrogen and oxygen atoms in total. The fourth-order valence-electron chi connectivity index (χ4n) is 3.64. The molecule has 1 aromatic carbocycles. The molecule has 0 fully saturated rings. The van der Waals surface area contributed by atoms with Crippen LogP contribution in [-0.2, 0) is 17.6 Å². The summed E-state index contributed by atoms with van der Waals surface area (Å²) >= 11 is 2.97. The monoisotopic (exact) mass is 444 g/mol. The van der Waals surface area contributed by atoms with Crippen LogP contribution in [0.15, 0.2) is 23.4 Å². The average Bonchev–Trinajstić information content (AvgIpc) is 3.09. The Balaban J connectivity index is 1.48. The van der Waals surface area contributed by atoms with E-state index in [9.17, 15) is 4.79 Å². The molecule has 1 atom stereocenters. The van der Waals surface area contributed by atoms with E-state index in [4.69, 9.17) is 15.2 Å². The first-order valence-corrected chi connectivity index (χ1v) is 11.5. The third-order valence-corrected chi connectivity index (χ3v) is 7.17. The van der Waals surface area contributed by atoms with E-state index in [1.165, 1.54) is 28.6 Å². The third kappa shape index (κ3) is 4.17. The number of nitrogens with one attached hydrogen (secondary N) is 1. The highest BCUT2D eigenvalue weighted by Crippen LogP contribution is 2.40. The molecule has 2 heterocycles. The Labute approximate surface area is 183 Å². The fourth-order valence-corrected chi connectivity index (χ4v) is 5.74. The quantitative estimate of drug-likeness (QED) is 0.435. The van der Waals surface area contributed by atoms with Gasteiger partial charge in [0.1, 0.15) is 22.1 Å². The highest BCUT2D eigenvalue weighted by atomic mass is 32.2. The molecule has 3 aromatic rings. The Kier molecular flexibility index (Phi) is 6.01. The molecule has 30 heavy (non-hydrogen) atoms. The lowest BCUT2D eigenvalue weighted by molar-refractivity contribution is -0.113. The second-order valence-electron chi connectivity index (χ2n) is 7.33. The highest BCUT2D eigenvalue weighted by molar-refractivity contribution is 7.99. The molecular weight excluding hydrogens is 420 g/mol. The van der Waals surface area contributed by atoms with Crippen LogP contribution in [0.3, 0.4) is 0 Å². The lowest BCUT2D eigenvalue weighted by atomic mass is 9.89. The Morgan fingerprint density at radius 2 is 2.17 bits per heavy atom. The normalized spacial score (nSPS) is 15.6. The molecule has 0 spiro atoms. The Hall–Kier alpha value is -2.52. The average molecular weight is 445 g/mol. The van der Waals surface area contributed by atoms with Gasteiger partial charge in [-0.1, -0.05) is 18.7 Å². The summed E-state index contributed by atoms with van der Waals surface area (Å²) in [6, 6.07) is 5.24. The lowest BCUT2D eigenvalue weighted by Gasteiger charge is -2.17. The van der Waals surface area contributed by atoms with Gasteiger partial charge in [0.15, 0.2) is 5.16 Å². The Morgan fingerprint density at radius 1 is 1.33 bits per heavy atom. The molecule has 0 saturated carbocycles. The van der Waals surface area contributed by atoms with Gasteiger partial charge in [-0.15, -0.1) is 11.3 Å². The lowest BCUT2D eigenvalue weighted by Crippen LogP contribution is -2.15. The molecule has 9 heteroatoms. The zero-order valence-electron chi connectivity index (χ0n) is 17.2. The second-order valence-corrected chi connectivity index (χ2v) is 9.35. The van der Waals surface area contributed by atoms with Gasteiger partial charge in [0.25, 0.3) is 0 Å². The number of anilines is 2. The van der Waals surface area contributed by atoms with E-state index in [1.54, 1.807) is 43.8 Å². The summed E-state index contributed by atoms with van der Waals surface area (Å²) in [4.78, 5) is 23.9. The number of nitrogen functional groups attached to an aromatic ring is 1. The minimum absolute atomic E-state index is 0.160.